The molecule has 2 atom stereocenters. The van der Waals surface area contributed by atoms with Crippen LogP contribution in [-0.2, 0) is 0 Å². The van der Waals surface area contributed by atoms with Gasteiger partial charge >= 0.3 is 0 Å². The molecular weight excluding hydrogens is 206 g/mol. The normalized spacial score (nSPS) is 25.4. The predicted molar refractivity (Wildman–Crippen MR) is 64.0 cm³/mol. The summed E-state index contributed by atoms with van der Waals surface area (Å²) in [6.45, 7) is 6.46. The van der Waals surface area contributed by atoms with Crippen molar-refractivity contribution in [3.63, 3.8) is 0 Å². The molecule has 2 rings (SSSR count). The lowest BCUT2D eigenvalue weighted by molar-refractivity contribution is 0.159. The summed E-state index contributed by atoms with van der Waals surface area (Å²) in [6.07, 6.45) is 2.38. The summed E-state index contributed by atoms with van der Waals surface area (Å²) in [5.74, 6) is 0. The Morgan fingerprint density at radius 1 is 1.67 bits per heavy atom. The van der Waals surface area contributed by atoms with Crippen LogP contribution in [0.3, 0.4) is 0 Å². The maximum Gasteiger partial charge on any atom is 0.110 e. The van der Waals surface area contributed by atoms with Crippen LogP contribution in [0.1, 0.15) is 36.5 Å². The molecule has 4 heteroatoms. The molecule has 0 amide bonds. The topological polar surface area (TPSA) is 42.1 Å². The maximum absolute atomic E-state index is 5.99. The summed E-state index contributed by atoms with van der Waals surface area (Å²) in [6, 6.07) is 0.775. The SMILES string of the molecule is Cc1csc(C(C)N2CCCC(N)C2)n1. The molecule has 1 aromatic rings. The Morgan fingerprint density at radius 3 is 3.07 bits per heavy atom. The number of nitrogens with zero attached hydrogens (tertiary/aromatic N) is 2. The molecule has 0 spiro atoms. The van der Waals surface area contributed by atoms with Crippen LogP contribution in [0.25, 0.3) is 0 Å². The molecule has 1 aromatic heterocycles. The number of piperidine rings is 1. The van der Waals surface area contributed by atoms with Crippen LogP contribution in [0.15, 0.2) is 5.38 Å². The zero-order chi connectivity index (χ0) is 10.8. The number of rotatable bonds is 2. The van der Waals surface area contributed by atoms with Gasteiger partial charge in [-0.15, -0.1) is 11.3 Å². The predicted octanol–water partition coefficient (Wildman–Crippen LogP) is 1.94. The van der Waals surface area contributed by atoms with E-state index in [0.29, 0.717) is 12.1 Å². The fourth-order valence-electron chi connectivity index (χ4n) is 2.11. The van der Waals surface area contributed by atoms with E-state index in [9.17, 15) is 0 Å². The second-order valence-electron chi connectivity index (χ2n) is 4.40. The van der Waals surface area contributed by atoms with Crippen molar-refractivity contribution in [2.75, 3.05) is 13.1 Å². The number of hydrogen-bond acceptors (Lipinski definition) is 4. The van der Waals surface area contributed by atoms with E-state index < -0.39 is 0 Å². The number of aryl methyl sites for hydroxylation is 1. The molecule has 1 fully saturated rings. The Kier molecular flexibility index (Phi) is 3.38. The van der Waals surface area contributed by atoms with Crippen molar-refractivity contribution < 1.29 is 0 Å². The molecule has 1 saturated heterocycles. The second-order valence-corrected chi connectivity index (χ2v) is 5.29. The first-order valence-electron chi connectivity index (χ1n) is 5.58. The van der Waals surface area contributed by atoms with E-state index in [4.69, 9.17) is 5.73 Å². The summed E-state index contributed by atoms with van der Waals surface area (Å²) in [5, 5.41) is 3.34. The summed E-state index contributed by atoms with van der Waals surface area (Å²) >= 11 is 1.76. The Morgan fingerprint density at radius 2 is 2.47 bits per heavy atom. The highest BCUT2D eigenvalue weighted by molar-refractivity contribution is 7.09. The quantitative estimate of drug-likeness (QED) is 0.836. The third-order valence-electron chi connectivity index (χ3n) is 3.03. The Bertz CT molecular complexity index is 323. The van der Waals surface area contributed by atoms with Gasteiger partial charge in [-0.25, -0.2) is 4.98 Å². The lowest BCUT2D eigenvalue weighted by Gasteiger charge is -2.34. The highest BCUT2D eigenvalue weighted by Gasteiger charge is 2.23. The van der Waals surface area contributed by atoms with Crippen molar-refractivity contribution in [2.24, 2.45) is 5.73 Å². The third-order valence-corrected chi connectivity index (χ3v) is 4.16. The van der Waals surface area contributed by atoms with Crippen molar-refractivity contribution in [3.05, 3.63) is 16.1 Å². The van der Waals surface area contributed by atoms with Crippen LogP contribution in [0, 0.1) is 6.92 Å². The van der Waals surface area contributed by atoms with E-state index in [2.05, 4.69) is 29.1 Å². The smallest absolute Gasteiger partial charge is 0.110 e. The fourth-order valence-corrected chi connectivity index (χ4v) is 3.00. The van der Waals surface area contributed by atoms with Gasteiger partial charge in [0.15, 0.2) is 0 Å². The van der Waals surface area contributed by atoms with Crippen LogP contribution in [-0.4, -0.2) is 29.0 Å². The van der Waals surface area contributed by atoms with Crippen LogP contribution in [0.5, 0.6) is 0 Å². The lowest BCUT2D eigenvalue weighted by Crippen LogP contribution is -2.43. The van der Waals surface area contributed by atoms with E-state index in [1.165, 1.54) is 17.8 Å². The summed E-state index contributed by atoms with van der Waals surface area (Å²) in [4.78, 5) is 7.00. The lowest BCUT2D eigenvalue weighted by atomic mass is 10.1. The van der Waals surface area contributed by atoms with Gasteiger partial charge in [-0.1, -0.05) is 0 Å². The van der Waals surface area contributed by atoms with Gasteiger partial charge in [0.2, 0.25) is 0 Å². The molecule has 0 radical (unpaired) electrons. The van der Waals surface area contributed by atoms with Gasteiger partial charge in [-0.3, -0.25) is 4.90 Å². The van der Waals surface area contributed by atoms with E-state index >= 15 is 0 Å². The standard InChI is InChI=1S/C11H19N3S/c1-8-7-15-11(13-8)9(2)14-5-3-4-10(12)6-14/h7,9-10H,3-6,12H2,1-2H3. The molecule has 0 bridgehead atoms. The van der Waals surface area contributed by atoms with Crippen LogP contribution >= 0.6 is 11.3 Å². The third kappa shape index (κ3) is 2.56. The van der Waals surface area contributed by atoms with Crippen molar-refractivity contribution in [1.29, 1.82) is 0 Å². The molecule has 0 saturated carbocycles. The molecule has 0 aliphatic carbocycles. The van der Waals surface area contributed by atoms with E-state index in [1.807, 2.05) is 0 Å². The Hall–Kier alpha value is -0.450. The molecule has 3 nitrogen and oxygen atoms in total. The van der Waals surface area contributed by atoms with Gasteiger partial charge in [-0.05, 0) is 33.2 Å². The van der Waals surface area contributed by atoms with Crippen LogP contribution < -0.4 is 5.73 Å². The number of likely N-dealkylation sites (tertiary alicyclic amines) is 1. The first kappa shape index (κ1) is 11.0. The zero-order valence-electron chi connectivity index (χ0n) is 9.44. The fraction of sp³-hybridized carbons (Fsp3) is 0.727. The largest absolute Gasteiger partial charge is 0.327 e. The molecule has 1 aliphatic heterocycles. The van der Waals surface area contributed by atoms with E-state index in [-0.39, 0.29) is 0 Å². The summed E-state index contributed by atoms with van der Waals surface area (Å²) in [5.41, 5.74) is 7.12. The average Bonchev–Trinajstić information content (AvgIpc) is 2.64. The molecule has 1 aliphatic rings. The molecule has 2 unspecified atom stereocenters. The van der Waals surface area contributed by atoms with Gasteiger partial charge in [0.25, 0.3) is 0 Å². The average molecular weight is 225 g/mol. The van der Waals surface area contributed by atoms with Crippen molar-refractivity contribution in [3.8, 4) is 0 Å². The maximum atomic E-state index is 5.99. The minimum atomic E-state index is 0.349. The Balaban J connectivity index is 2.03. The first-order chi connectivity index (χ1) is 7.16. The second kappa shape index (κ2) is 4.60. The van der Waals surface area contributed by atoms with E-state index in [1.54, 1.807) is 11.3 Å². The van der Waals surface area contributed by atoms with Crippen LogP contribution in [0.4, 0.5) is 0 Å². The van der Waals surface area contributed by atoms with Crippen LogP contribution in [0.2, 0.25) is 0 Å². The highest BCUT2D eigenvalue weighted by Crippen LogP contribution is 2.26. The summed E-state index contributed by atoms with van der Waals surface area (Å²) < 4.78 is 0. The van der Waals surface area contributed by atoms with Crippen molar-refractivity contribution in [1.82, 2.24) is 9.88 Å². The molecule has 2 N–H and O–H groups in total. The summed E-state index contributed by atoms with van der Waals surface area (Å²) in [7, 11) is 0. The zero-order valence-corrected chi connectivity index (χ0v) is 10.3. The van der Waals surface area contributed by atoms with E-state index in [0.717, 1.165) is 18.8 Å². The molecule has 2 heterocycles. The minimum absolute atomic E-state index is 0.349. The van der Waals surface area contributed by atoms with Gasteiger partial charge in [0.05, 0.1) is 6.04 Å². The number of nitrogens with two attached hydrogens (primary N) is 1. The monoisotopic (exact) mass is 225 g/mol. The van der Waals surface area contributed by atoms with Crippen molar-refractivity contribution in [2.45, 2.75) is 38.8 Å². The first-order valence-corrected chi connectivity index (χ1v) is 6.46. The number of hydrogen-bond donors (Lipinski definition) is 1. The van der Waals surface area contributed by atoms with Crippen molar-refractivity contribution >= 4 is 11.3 Å². The Labute approximate surface area is 95.3 Å². The molecule has 0 aromatic carbocycles. The van der Waals surface area contributed by atoms with Gasteiger partial charge in [0, 0.05) is 23.7 Å². The highest BCUT2D eigenvalue weighted by atomic mass is 32.1. The van der Waals surface area contributed by atoms with Gasteiger partial charge in [-0.2, -0.15) is 0 Å². The molecular formula is C11H19N3S. The molecule has 15 heavy (non-hydrogen) atoms. The number of aromatic nitrogens is 1. The van der Waals surface area contributed by atoms with Gasteiger partial charge < -0.3 is 5.73 Å². The number of thiazole rings is 1. The van der Waals surface area contributed by atoms with Gasteiger partial charge in [0.1, 0.15) is 5.01 Å². The minimum Gasteiger partial charge on any atom is -0.327 e. The molecule has 84 valence electrons.